The van der Waals surface area contributed by atoms with Crippen molar-refractivity contribution in [3.05, 3.63) is 30.5 Å². The van der Waals surface area contributed by atoms with Gasteiger partial charge in [-0.1, -0.05) is 25.0 Å². The van der Waals surface area contributed by atoms with Gasteiger partial charge in [0.25, 0.3) is 0 Å². The van der Waals surface area contributed by atoms with Crippen molar-refractivity contribution in [2.75, 3.05) is 24.3 Å². The van der Waals surface area contributed by atoms with Gasteiger partial charge in [0.2, 0.25) is 0 Å². The SMILES string of the molecule is CN(C)c1nccc2c(NC3CCCC3)cccc12. The van der Waals surface area contributed by atoms with Crippen LogP contribution in [0.5, 0.6) is 0 Å². The van der Waals surface area contributed by atoms with Gasteiger partial charge >= 0.3 is 0 Å². The molecule has 2 aromatic rings. The average molecular weight is 255 g/mol. The van der Waals surface area contributed by atoms with Crippen LogP contribution in [0, 0.1) is 0 Å². The molecule has 1 heterocycles. The predicted octanol–water partition coefficient (Wildman–Crippen LogP) is 3.66. The molecule has 1 N–H and O–H groups in total. The van der Waals surface area contributed by atoms with Gasteiger partial charge in [-0.15, -0.1) is 0 Å². The van der Waals surface area contributed by atoms with Crippen LogP contribution in [0.3, 0.4) is 0 Å². The number of rotatable bonds is 3. The first-order valence-electron chi connectivity index (χ1n) is 7.07. The minimum Gasteiger partial charge on any atom is -0.382 e. The van der Waals surface area contributed by atoms with Gasteiger partial charge in [0, 0.05) is 42.8 Å². The van der Waals surface area contributed by atoms with Crippen molar-refractivity contribution in [2.45, 2.75) is 31.7 Å². The highest BCUT2D eigenvalue weighted by Crippen LogP contribution is 2.31. The second kappa shape index (κ2) is 5.08. The lowest BCUT2D eigenvalue weighted by atomic mass is 10.1. The Bertz CT molecular complexity index is 571. The molecule has 1 aliphatic rings. The van der Waals surface area contributed by atoms with E-state index in [-0.39, 0.29) is 0 Å². The van der Waals surface area contributed by atoms with E-state index in [1.54, 1.807) is 0 Å². The van der Waals surface area contributed by atoms with Crippen LogP contribution in [-0.2, 0) is 0 Å². The van der Waals surface area contributed by atoms with Crippen LogP contribution in [0.25, 0.3) is 10.8 Å². The van der Waals surface area contributed by atoms with Gasteiger partial charge in [-0.05, 0) is 25.0 Å². The fraction of sp³-hybridized carbons (Fsp3) is 0.438. The molecule has 1 aliphatic carbocycles. The third kappa shape index (κ3) is 2.37. The Balaban J connectivity index is 2.02. The molecule has 3 rings (SSSR count). The first-order valence-corrected chi connectivity index (χ1v) is 7.07. The summed E-state index contributed by atoms with van der Waals surface area (Å²) in [6, 6.07) is 9.20. The van der Waals surface area contributed by atoms with Crippen LogP contribution in [0.2, 0.25) is 0 Å². The van der Waals surface area contributed by atoms with Crippen molar-refractivity contribution in [1.82, 2.24) is 4.98 Å². The maximum Gasteiger partial charge on any atom is 0.135 e. The molecule has 0 bridgehead atoms. The van der Waals surface area contributed by atoms with Crippen LogP contribution < -0.4 is 10.2 Å². The number of fused-ring (bicyclic) bond motifs is 1. The molecule has 0 spiro atoms. The van der Waals surface area contributed by atoms with E-state index in [4.69, 9.17) is 0 Å². The van der Waals surface area contributed by atoms with E-state index in [0.717, 1.165) is 5.82 Å². The fourth-order valence-electron chi connectivity index (χ4n) is 2.96. The number of aromatic nitrogens is 1. The van der Waals surface area contributed by atoms with Crippen LogP contribution in [0.15, 0.2) is 30.5 Å². The highest BCUT2D eigenvalue weighted by atomic mass is 15.1. The average Bonchev–Trinajstić information content (AvgIpc) is 2.91. The zero-order valence-electron chi connectivity index (χ0n) is 11.7. The Hall–Kier alpha value is -1.77. The highest BCUT2D eigenvalue weighted by Gasteiger charge is 2.16. The molecule has 100 valence electrons. The maximum absolute atomic E-state index is 4.48. The summed E-state index contributed by atoms with van der Waals surface area (Å²) in [5, 5.41) is 6.19. The number of anilines is 2. The summed E-state index contributed by atoms with van der Waals surface area (Å²) in [7, 11) is 4.08. The van der Waals surface area contributed by atoms with Crippen molar-refractivity contribution in [1.29, 1.82) is 0 Å². The summed E-state index contributed by atoms with van der Waals surface area (Å²) in [5.74, 6) is 1.03. The van der Waals surface area contributed by atoms with Crippen molar-refractivity contribution in [3.8, 4) is 0 Å². The number of benzene rings is 1. The summed E-state index contributed by atoms with van der Waals surface area (Å²) < 4.78 is 0. The lowest BCUT2D eigenvalue weighted by Gasteiger charge is -2.18. The van der Waals surface area contributed by atoms with Crippen molar-refractivity contribution >= 4 is 22.3 Å². The quantitative estimate of drug-likeness (QED) is 0.907. The summed E-state index contributed by atoms with van der Waals surface area (Å²) in [6.07, 6.45) is 7.20. The minimum absolute atomic E-state index is 0.640. The Morgan fingerprint density at radius 3 is 2.63 bits per heavy atom. The van der Waals surface area contributed by atoms with E-state index >= 15 is 0 Å². The normalized spacial score (nSPS) is 15.9. The summed E-state index contributed by atoms with van der Waals surface area (Å²) in [5.41, 5.74) is 1.25. The highest BCUT2D eigenvalue weighted by molar-refractivity contribution is 6.00. The van der Waals surface area contributed by atoms with Crippen LogP contribution in [0.4, 0.5) is 11.5 Å². The standard InChI is InChI=1S/C16H21N3/c1-19(2)16-14-8-5-9-15(13(14)10-11-17-16)18-12-6-3-4-7-12/h5,8-12,18H,3-4,6-7H2,1-2H3. The van der Waals surface area contributed by atoms with E-state index in [2.05, 4.69) is 39.5 Å². The van der Waals surface area contributed by atoms with E-state index in [1.165, 1.54) is 42.1 Å². The molecule has 3 heteroatoms. The molecule has 3 nitrogen and oxygen atoms in total. The molecular weight excluding hydrogens is 234 g/mol. The lowest BCUT2D eigenvalue weighted by Crippen LogP contribution is -2.15. The molecule has 0 unspecified atom stereocenters. The minimum atomic E-state index is 0.640. The molecule has 0 aliphatic heterocycles. The Labute approximate surface area is 114 Å². The van der Waals surface area contributed by atoms with E-state index < -0.39 is 0 Å². The number of nitrogens with one attached hydrogen (secondary N) is 1. The molecule has 0 atom stereocenters. The van der Waals surface area contributed by atoms with E-state index in [1.807, 2.05) is 20.3 Å². The van der Waals surface area contributed by atoms with Gasteiger partial charge in [0.15, 0.2) is 0 Å². The van der Waals surface area contributed by atoms with Crippen molar-refractivity contribution in [2.24, 2.45) is 0 Å². The predicted molar refractivity (Wildman–Crippen MR) is 81.9 cm³/mol. The van der Waals surface area contributed by atoms with Crippen molar-refractivity contribution < 1.29 is 0 Å². The smallest absolute Gasteiger partial charge is 0.135 e. The third-order valence-electron chi connectivity index (χ3n) is 3.92. The molecule has 1 aromatic carbocycles. The zero-order chi connectivity index (χ0) is 13.2. The second-order valence-electron chi connectivity index (χ2n) is 5.56. The first kappa shape index (κ1) is 12.3. The van der Waals surface area contributed by atoms with Crippen LogP contribution >= 0.6 is 0 Å². The fourth-order valence-corrected chi connectivity index (χ4v) is 2.96. The third-order valence-corrected chi connectivity index (χ3v) is 3.92. The van der Waals surface area contributed by atoms with E-state index in [0.29, 0.717) is 6.04 Å². The number of hydrogen-bond donors (Lipinski definition) is 1. The van der Waals surface area contributed by atoms with Crippen LogP contribution in [-0.4, -0.2) is 25.1 Å². The molecule has 0 amide bonds. The van der Waals surface area contributed by atoms with Gasteiger partial charge in [-0.2, -0.15) is 0 Å². The van der Waals surface area contributed by atoms with E-state index in [9.17, 15) is 0 Å². The number of nitrogens with zero attached hydrogens (tertiary/aromatic N) is 2. The molecular formula is C16H21N3. The van der Waals surface area contributed by atoms with Crippen molar-refractivity contribution in [3.63, 3.8) is 0 Å². The molecule has 0 radical (unpaired) electrons. The molecule has 0 saturated heterocycles. The molecule has 1 fully saturated rings. The summed E-state index contributed by atoms with van der Waals surface area (Å²) in [4.78, 5) is 6.55. The Morgan fingerprint density at radius 2 is 1.89 bits per heavy atom. The zero-order valence-corrected chi connectivity index (χ0v) is 11.7. The maximum atomic E-state index is 4.48. The van der Waals surface area contributed by atoms with Gasteiger partial charge < -0.3 is 10.2 Å². The Morgan fingerprint density at radius 1 is 1.11 bits per heavy atom. The lowest BCUT2D eigenvalue weighted by molar-refractivity contribution is 0.756. The largest absolute Gasteiger partial charge is 0.382 e. The number of hydrogen-bond acceptors (Lipinski definition) is 3. The van der Waals surface area contributed by atoms with Gasteiger partial charge in [-0.3, -0.25) is 0 Å². The number of pyridine rings is 1. The molecule has 1 aromatic heterocycles. The first-order chi connectivity index (χ1) is 9.25. The molecule has 19 heavy (non-hydrogen) atoms. The summed E-state index contributed by atoms with van der Waals surface area (Å²) >= 11 is 0. The van der Waals surface area contributed by atoms with Gasteiger partial charge in [0.05, 0.1) is 0 Å². The Kier molecular flexibility index (Phi) is 3.28. The topological polar surface area (TPSA) is 28.2 Å². The summed E-state index contributed by atoms with van der Waals surface area (Å²) in [6.45, 7) is 0. The van der Waals surface area contributed by atoms with Gasteiger partial charge in [-0.25, -0.2) is 4.98 Å². The molecule has 1 saturated carbocycles. The van der Waals surface area contributed by atoms with Gasteiger partial charge in [0.1, 0.15) is 5.82 Å². The second-order valence-corrected chi connectivity index (χ2v) is 5.56. The van der Waals surface area contributed by atoms with Crippen LogP contribution in [0.1, 0.15) is 25.7 Å². The monoisotopic (exact) mass is 255 g/mol.